The van der Waals surface area contributed by atoms with Gasteiger partial charge in [-0.25, -0.2) is 8.42 Å². The minimum absolute atomic E-state index is 0.0628. The largest absolute Gasteiger partial charge is 0.355 e. The highest BCUT2D eigenvalue weighted by atomic mass is 32.2. The van der Waals surface area contributed by atoms with E-state index in [1.807, 2.05) is 7.05 Å². The number of thiophene rings is 1. The van der Waals surface area contributed by atoms with Gasteiger partial charge >= 0.3 is 0 Å². The van der Waals surface area contributed by atoms with Crippen molar-refractivity contribution in [2.75, 3.05) is 24.9 Å². The van der Waals surface area contributed by atoms with E-state index in [9.17, 15) is 13.2 Å². The second kappa shape index (κ2) is 8.09. The highest BCUT2D eigenvalue weighted by Gasteiger charge is 2.15. The number of carbonyl (C=O) groups is 1. The van der Waals surface area contributed by atoms with Crippen LogP contribution >= 0.6 is 11.3 Å². The normalized spacial score (nSPS) is 11.2. The molecule has 0 atom stereocenters. The van der Waals surface area contributed by atoms with E-state index in [2.05, 4.69) is 15.4 Å². The maximum Gasteiger partial charge on any atom is 0.271 e. The van der Waals surface area contributed by atoms with Crippen LogP contribution in [0.3, 0.4) is 0 Å². The zero-order chi connectivity index (χ0) is 16.7. The van der Waals surface area contributed by atoms with Crippen LogP contribution in [0.1, 0.15) is 5.56 Å². The third-order valence-corrected chi connectivity index (χ3v) is 5.81. The first-order valence-corrected chi connectivity index (χ1v) is 9.44. The van der Waals surface area contributed by atoms with E-state index in [1.165, 1.54) is 0 Å². The third-order valence-electron chi connectivity index (χ3n) is 3.03. The van der Waals surface area contributed by atoms with Gasteiger partial charge in [-0.2, -0.15) is 0 Å². The Morgan fingerprint density at radius 1 is 1.13 bits per heavy atom. The molecule has 0 aliphatic heterocycles. The predicted molar refractivity (Wildman–Crippen MR) is 92.2 cm³/mol. The van der Waals surface area contributed by atoms with Gasteiger partial charge in [-0.15, -0.1) is 11.3 Å². The van der Waals surface area contributed by atoms with E-state index >= 15 is 0 Å². The Kier molecular flexibility index (Phi) is 6.14. The maximum atomic E-state index is 12.1. The molecule has 0 saturated carbocycles. The second-order valence-corrected chi connectivity index (χ2v) is 7.72. The topological polar surface area (TPSA) is 87.3 Å². The molecule has 1 amide bonds. The number of benzene rings is 1. The lowest BCUT2D eigenvalue weighted by atomic mass is 10.1. The summed E-state index contributed by atoms with van der Waals surface area (Å²) in [4.78, 5) is 11.7. The molecule has 0 spiro atoms. The van der Waals surface area contributed by atoms with Gasteiger partial charge in [0.1, 0.15) is 4.21 Å². The van der Waals surface area contributed by atoms with Crippen molar-refractivity contribution in [1.29, 1.82) is 0 Å². The van der Waals surface area contributed by atoms with Gasteiger partial charge in [-0.3, -0.25) is 9.52 Å². The number of hydrogen-bond acceptors (Lipinski definition) is 5. The molecule has 0 aliphatic carbocycles. The fourth-order valence-electron chi connectivity index (χ4n) is 1.89. The molecular formula is C15H19N3O3S2. The smallest absolute Gasteiger partial charge is 0.271 e. The van der Waals surface area contributed by atoms with Crippen LogP contribution in [-0.4, -0.2) is 34.5 Å². The molecule has 1 heterocycles. The number of sulfonamides is 1. The molecule has 6 nitrogen and oxygen atoms in total. The summed E-state index contributed by atoms with van der Waals surface area (Å²) in [7, 11) is -1.72. The summed E-state index contributed by atoms with van der Waals surface area (Å²) >= 11 is 1.16. The number of hydrogen-bond donors (Lipinski definition) is 3. The van der Waals surface area contributed by atoms with Gasteiger partial charge in [0.25, 0.3) is 10.0 Å². The van der Waals surface area contributed by atoms with Gasteiger partial charge < -0.3 is 10.6 Å². The van der Waals surface area contributed by atoms with Crippen LogP contribution in [0.4, 0.5) is 5.69 Å². The van der Waals surface area contributed by atoms with Crippen molar-refractivity contribution in [2.45, 2.75) is 10.6 Å². The fourth-order valence-corrected chi connectivity index (χ4v) is 3.94. The van der Waals surface area contributed by atoms with Gasteiger partial charge in [-0.05, 0) is 36.2 Å². The van der Waals surface area contributed by atoms with Crippen LogP contribution in [0.2, 0.25) is 0 Å². The zero-order valence-electron chi connectivity index (χ0n) is 12.7. The lowest BCUT2D eigenvalue weighted by molar-refractivity contribution is -0.120. The number of anilines is 1. The average Bonchev–Trinajstić information content (AvgIpc) is 3.04. The molecule has 23 heavy (non-hydrogen) atoms. The summed E-state index contributed by atoms with van der Waals surface area (Å²) in [6.45, 7) is 1.29. The lowest BCUT2D eigenvalue weighted by Crippen LogP contribution is -2.31. The molecule has 0 aliphatic rings. The van der Waals surface area contributed by atoms with Crippen molar-refractivity contribution in [3.63, 3.8) is 0 Å². The molecule has 1 aromatic heterocycles. The lowest BCUT2D eigenvalue weighted by Gasteiger charge is -2.08. The monoisotopic (exact) mass is 353 g/mol. The first kappa shape index (κ1) is 17.5. The maximum absolute atomic E-state index is 12.1. The third kappa shape index (κ3) is 5.34. The highest BCUT2D eigenvalue weighted by Crippen LogP contribution is 2.20. The van der Waals surface area contributed by atoms with Crippen LogP contribution < -0.4 is 15.4 Å². The highest BCUT2D eigenvalue weighted by molar-refractivity contribution is 7.94. The molecule has 1 aromatic carbocycles. The first-order valence-electron chi connectivity index (χ1n) is 7.08. The molecule has 0 unspecified atom stereocenters. The number of likely N-dealkylation sites (N-methyl/N-ethyl adjacent to an activating group) is 1. The van der Waals surface area contributed by atoms with Gasteiger partial charge in [0, 0.05) is 18.8 Å². The molecule has 0 radical (unpaired) electrons. The Balaban J connectivity index is 1.93. The summed E-state index contributed by atoms with van der Waals surface area (Å²) in [5.74, 6) is -0.0628. The van der Waals surface area contributed by atoms with Crippen LogP contribution in [0, 0.1) is 0 Å². The number of nitrogens with one attached hydrogen (secondary N) is 3. The van der Waals surface area contributed by atoms with E-state index in [-0.39, 0.29) is 16.5 Å². The number of rotatable bonds is 8. The Labute approximate surface area is 140 Å². The van der Waals surface area contributed by atoms with Crippen molar-refractivity contribution in [2.24, 2.45) is 0 Å². The second-order valence-electron chi connectivity index (χ2n) is 4.86. The van der Waals surface area contributed by atoms with Gasteiger partial charge in [-0.1, -0.05) is 18.2 Å². The minimum atomic E-state index is -3.54. The van der Waals surface area contributed by atoms with Crippen molar-refractivity contribution >= 4 is 33.0 Å². The Morgan fingerprint density at radius 2 is 1.87 bits per heavy atom. The van der Waals surface area contributed by atoms with E-state index < -0.39 is 10.0 Å². The standard InChI is InChI=1S/C15H19N3O3S2/c1-16-8-9-17-14(19)11-12-4-6-13(7-5-12)18-23(20,21)15-3-2-10-22-15/h2-7,10,16,18H,8-9,11H2,1H3,(H,17,19). The average molecular weight is 353 g/mol. The molecule has 2 rings (SSSR count). The molecule has 3 N–H and O–H groups in total. The first-order chi connectivity index (χ1) is 11.0. The van der Waals surface area contributed by atoms with E-state index in [0.29, 0.717) is 12.2 Å². The Morgan fingerprint density at radius 3 is 2.48 bits per heavy atom. The molecule has 0 bridgehead atoms. The summed E-state index contributed by atoms with van der Waals surface area (Å²) in [6.07, 6.45) is 0.266. The van der Waals surface area contributed by atoms with Crippen molar-refractivity contribution in [3.05, 3.63) is 47.3 Å². The van der Waals surface area contributed by atoms with E-state index in [0.717, 1.165) is 23.4 Å². The summed E-state index contributed by atoms with van der Waals surface area (Å²) in [5, 5.41) is 7.45. The van der Waals surface area contributed by atoms with Crippen LogP contribution in [0.15, 0.2) is 46.0 Å². The molecular weight excluding hydrogens is 334 g/mol. The predicted octanol–water partition coefficient (Wildman–Crippen LogP) is 1.43. The number of amides is 1. The van der Waals surface area contributed by atoms with Gasteiger partial charge in [0.05, 0.1) is 6.42 Å². The molecule has 0 saturated heterocycles. The Bertz CT molecular complexity index is 726. The van der Waals surface area contributed by atoms with E-state index in [4.69, 9.17) is 0 Å². The number of carbonyl (C=O) groups excluding carboxylic acids is 1. The zero-order valence-corrected chi connectivity index (χ0v) is 14.3. The minimum Gasteiger partial charge on any atom is -0.355 e. The van der Waals surface area contributed by atoms with Crippen LogP contribution in [-0.2, 0) is 21.2 Å². The molecule has 124 valence electrons. The van der Waals surface area contributed by atoms with Crippen molar-refractivity contribution in [1.82, 2.24) is 10.6 Å². The van der Waals surface area contributed by atoms with Gasteiger partial charge in [0.2, 0.25) is 5.91 Å². The fraction of sp³-hybridized carbons (Fsp3) is 0.267. The summed E-state index contributed by atoms with van der Waals surface area (Å²) in [5.41, 5.74) is 1.30. The van der Waals surface area contributed by atoms with Crippen LogP contribution in [0.5, 0.6) is 0 Å². The molecule has 0 fully saturated rings. The summed E-state index contributed by atoms with van der Waals surface area (Å²) in [6, 6.07) is 10.0. The van der Waals surface area contributed by atoms with Gasteiger partial charge in [0.15, 0.2) is 0 Å². The molecule has 2 aromatic rings. The summed E-state index contributed by atoms with van der Waals surface area (Å²) < 4.78 is 27.0. The SMILES string of the molecule is CNCCNC(=O)Cc1ccc(NS(=O)(=O)c2cccs2)cc1. The van der Waals surface area contributed by atoms with Crippen molar-refractivity contribution < 1.29 is 13.2 Å². The quantitative estimate of drug-likeness (QED) is 0.627. The van der Waals surface area contributed by atoms with Crippen molar-refractivity contribution in [3.8, 4) is 0 Å². The van der Waals surface area contributed by atoms with E-state index in [1.54, 1.807) is 41.8 Å². The Hall–Kier alpha value is -1.90. The molecule has 8 heteroatoms. The van der Waals surface area contributed by atoms with Crippen LogP contribution in [0.25, 0.3) is 0 Å².